The normalized spacial score (nSPS) is 11.6. The lowest BCUT2D eigenvalue weighted by molar-refractivity contribution is -0.384. The maximum atomic E-state index is 12.7. The number of nitrogens with one attached hydrogen (secondary N) is 1. The van der Waals surface area contributed by atoms with Gasteiger partial charge in [-0.2, -0.15) is 18.3 Å². The van der Waals surface area contributed by atoms with Gasteiger partial charge in [0, 0.05) is 6.07 Å². The molecule has 0 spiro atoms. The van der Waals surface area contributed by atoms with Crippen molar-refractivity contribution >= 4 is 17.9 Å². The molecule has 24 heavy (non-hydrogen) atoms. The first-order chi connectivity index (χ1) is 11.2. The zero-order chi connectivity index (χ0) is 17.9. The van der Waals surface area contributed by atoms with Crippen LogP contribution >= 0.6 is 0 Å². The van der Waals surface area contributed by atoms with E-state index in [2.05, 4.69) is 5.10 Å². The quantitative estimate of drug-likeness (QED) is 0.503. The maximum Gasteiger partial charge on any atom is 0.416 e. The first kappa shape index (κ1) is 17.0. The van der Waals surface area contributed by atoms with Crippen LogP contribution in [0.2, 0.25) is 0 Å². The average molecular weight is 342 g/mol. The van der Waals surface area contributed by atoms with Crippen molar-refractivity contribution in [3.05, 3.63) is 51.8 Å². The van der Waals surface area contributed by atoms with E-state index in [0.717, 1.165) is 12.3 Å². The number of hydrogen-bond acceptors (Lipinski definition) is 5. The predicted molar refractivity (Wildman–Crippen MR) is 76.1 cm³/mol. The molecule has 0 aliphatic rings. The molecule has 3 N–H and O–H groups in total. The van der Waals surface area contributed by atoms with Crippen molar-refractivity contribution in [1.29, 1.82) is 0 Å². The maximum absolute atomic E-state index is 12.7. The minimum absolute atomic E-state index is 0.0315. The molecular formula is C13H9F3N4O4. The predicted octanol–water partition coefficient (Wildman–Crippen LogP) is 2.88. The second-order valence-corrected chi connectivity index (χ2v) is 4.42. The summed E-state index contributed by atoms with van der Waals surface area (Å²) >= 11 is 0. The molecule has 1 aromatic carbocycles. The van der Waals surface area contributed by atoms with E-state index in [-0.39, 0.29) is 17.1 Å². The van der Waals surface area contributed by atoms with Crippen molar-refractivity contribution in [3.63, 3.8) is 0 Å². The Kier molecular flexibility index (Phi) is 4.53. The molecule has 0 aliphatic heterocycles. The zero-order valence-corrected chi connectivity index (χ0v) is 11.7. The fourth-order valence-electron chi connectivity index (χ4n) is 1.79. The van der Waals surface area contributed by atoms with E-state index in [9.17, 15) is 28.1 Å². The highest BCUT2D eigenvalue weighted by molar-refractivity contribution is 5.80. The van der Waals surface area contributed by atoms with Crippen LogP contribution < -0.4 is 11.2 Å². The summed E-state index contributed by atoms with van der Waals surface area (Å²) in [6.07, 6.45) is -3.63. The highest BCUT2D eigenvalue weighted by Crippen LogP contribution is 2.37. The Balaban J connectivity index is 2.38. The number of rotatable bonds is 4. The number of hydrazone groups is 1. The Morgan fingerprint density at radius 1 is 1.33 bits per heavy atom. The van der Waals surface area contributed by atoms with Crippen LogP contribution in [0, 0.1) is 10.1 Å². The van der Waals surface area contributed by atoms with Gasteiger partial charge in [-0.05, 0) is 24.3 Å². The SMILES string of the molecule is NC(=O)N/N=C/c1ccc(-c2ccc(C(F)(F)F)cc2[N+](=O)[O-])o1. The number of primary amides is 1. The standard InChI is InChI=1S/C13H9F3N4O4/c14-13(15,16)7-1-3-9(10(5-7)20(22)23)11-4-2-8(24-11)6-18-19-12(17)21/h1-6H,(H3,17,19,21)/b18-6+. The monoisotopic (exact) mass is 342 g/mol. The first-order valence-electron chi connectivity index (χ1n) is 6.23. The molecule has 0 fully saturated rings. The van der Waals surface area contributed by atoms with E-state index in [4.69, 9.17) is 10.2 Å². The van der Waals surface area contributed by atoms with E-state index in [1.807, 2.05) is 5.43 Å². The summed E-state index contributed by atoms with van der Waals surface area (Å²) in [4.78, 5) is 20.6. The second kappa shape index (κ2) is 6.40. The van der Waals surface area contributed by atoms with Gasteiger partial charge < -0.3 is 10.2 Å². The van der Waals surface area contributed by atoms with E-state index in [1.54, 1.807) is 0 Å². The Labute approximate surface area is 131 Å². The lowest BCUT2D eigenvalue weighted by atomic mass is 10.1. The van der Waals surface area contributed by atoms with Crippen LogP contribution in [0.25, 0.3) is 11.3 Å². The number of nitrogens with two attached hydrogens (primary N) is 1. The highest BCUT2D eigenvalue weighted by atomic mass is 19.4. The van der Waals surface area contributed by atoms with Crippen molar-refractivity contribution in [1.82, 2.24) is 5.43 Å². The molecule has 0 atom stereocenters. The van der Waals surface area contributed by atoms with Crippen molar-refractivity contribution in [2.75, 3.05) is 0 Å². The minimum Gasteiger partial charge on any atom is -0.455 e. The zero-order valence-electron chi connectivity index (χ0n) is 11.7. The third kappa shape index (κ3) is 3.88. The topological polar surface area (TPSA) is 124 Å². The lowest BCUT2D eigenvalue weighted by Gasteiger charge is -2.07. The molecule has 2 amide bonds. The molecule has 126 valence electrons. The number of alkyl halides is 3. The Morgan fingerprint density at radius 2 is 2.04 bits per heavy atom. The number of amides is 2. The van der Waals surface area contributed by atoms with Gasteiger partial charge >= 0.3 is 12.2 Å². The molecule has 1 heterocycles. The van der Waals surface area contributed by atoms with Crippen LogP contribution in [0.5, 0.6) is 0 Å². The Bertz CT molecular complexity index is 814. The number of nitro benzene ring substituents is 1. The summed E-state index contributed by atoms with van der Waals surface area (Å²) in [7, 11) is 0. The van der Waals surface area contributed by atoms with E-state index < -0.39 is 28.4 Å². The van der Waals surface area contributed by atoms with Gasteiger partial charge in [0.15, 0.2) is 0 Å². The van der Waals surface area contributed by atoms with Gasteiger partial charge in [-0.15, -0.1) is 0 Å². The number of carbonyl (C=O) groups is 1. The molecule has 0 bridgehead atoms. The van der Waals surface area contributed by atoms with E-state index in [1.165, 1.54) is 12.1 Å². The van der Waals surface area contributed by atoms with Crippen LogP contribution in [0.1, 0.15) is 11.3 Å². The number of nitrogens with zero attached hydrogens (tertiary/aromatic N) is 2. The molecule has 0 radical (unpaired) electrons. The number of urea groups is 1. The van der Waals surface area contributed by atoms with Gasteiger partial charge in [0.1, 0.15) is 11.5 Å². The minimum atomic E-state index is -4.70. The summed E-state index contributed by atoms with van der Waals surface area (Å²) in [5.41, 5.74) is 4.68. The third-order valence-corrected chi connectivity index (χ3v) is 2.78. The first-order valence-corrected chi connectivity index (χ1v) is 6.23. The third-order valence-electron chi connectivity index (χ3n) is 2.78. The summed E-state index contributed by atoms with van der Waals surface area (Å²) in [5, 5.41) is 14.5. The second-order valence-electron chi connectivity index (χ2n) is 4.42. The molecule has 0 aliphatic carbocycles. The highest BCUT2D eigenvalue weighted by Gasteiger charge is 2.33. The Hall–Kier alpha value is -3.37. The van der Waals surface area contributed by atoms with Crippen molar-refractivity contribution in [3.8, 4) is 11.3 Å². The number of benzene rings is 1. The van der Waals surface area contributed by atoms with Gasteiger partial charge in [-0.25, -0.2) is 10.2 Å². The molecule has 0 saturated heterocycles. The molecule has 8 nitrogen and oxygen atoms in total. The fraction of sp³-hybridized carbons (Fsp3) is 0.0769. The average Bonchev–Trinajstić information content (AvgIpc) is 2.94. The van der Waals surface area contributed by atoms with E-state index >= 15 is 0 Å². The summed E-state index contributed by atoms with van der Waals surface area (Å²) in [6.45, 7) is 0. The van der Waals surface area contributed by atoms with Crippen molar-refractivity contribution in [2.24, 2.45) is 10.8 Å². The lowest BCUT2D eigenvalue weighted by Crippen LogP contribution is -2.24. The van der Waals surface area contributed by atoms with Crippen molar-refractivity contribution in [2.45, 2.75) is 6.18 Å². The van der Waals surface area contributed by atoms with Crippen LogP contribution in [0.15, 0.2) is 39.9 Å². The van der Waals surface area contributed by atoms with Crippen molar-refractivity contribution < 1.29 is 27.3 Å². The molecular weight excluding hydrogens is 333 g/mol. The van der Waals surface area contributed by atoms with Crippen LogP contribution in [-0.4, -0.2) is 17.2 Å². The number of furan rings is 1. The van der Waals surface area contributed by atoms with Crippen LogP contribution in [-0.2, 0) is 6.18 Å². The van der Waals surface area contributed by atoms with Gasteiger partial charge in [0.25, 0.3) is 5.69 Å². The summed E-state index contributed by atoms with van der Waals surface area (Å²) in [5.74, 6) is 0.0731. The molecule has 2 rings (SSSR count). The van der Waals surface area contributed by atoms with Gasteiger partial charge in [0.2, 0.25) is 0 Å². The molecule has 2 aromatic rings. The summed E-state index contributed by atoms with van der Waals surface area (Å²) in [6, 6.07) is 3.87. The van der Waals surface area contributed by atoms with Gasteiger partial charge in [-0.3, -0.25) is 10.1 Å². The molecule has 1 aromatic heterocycles. The van der Waals surface area contributed by atoms with Gasteiger partial charge in [0.05, 0.1) is 22.3 Å². The number of halogens is 3. The van der Waals surface area contributed by atoms with Crippen LogP contribution in [0.4, 0.5) is 23.7 Å². The number of nitro groups is 1. The smallest absolute Gasteiger partial charge is 0.416 e. The van der Waals surface area contributed by atoms with Gasteiger partial charge in [-0.1, -0.05) is 0 Å². The molecule has 0 unspecified atom stereocenters. The van der Waals surface area contributed by atoms with E-state index in [0.29, 0.717) is 12.1 Å². The molecule has 11 heteroatoms. The van der Waals surface area contributed by atoms with Crippen LogP contribution in [0.3, 0.4) is 0 Å². The Morgan fingerprint density at radius 3 is 2.62 bits per heavy atom. The number of carbonyl (C=O) groups excluding carboxylic acids is 1. The fourth-order valence-corrected chi connectivity index (χ4v) is 1.79. The summed E-state index contributed by atoms with van der Waals surface area (Å²) < 4.78 is 43.2. The molecule has 0 saturated carbocycles. The largest absolute Gasteiger partial charge is 0.455 e. The number of hydrogen-bond donors (Lipinski definition) is 2.